The average Bonchev–Trinajstić information content (AvgIpc) is 1.64. The first kappa shape index (κ1) is 13.5. The van der Waals surface area contributed by atoms with Crippen LogP contribution in [-0.4, -0.2) is 50.8 Å². The van der Waals surface area contributed by atoms with Crippen LogP contribution in [0.3, 0.4) is 0 Å². The van der Waals surface area contributed by atoms with Crippen molar-refractivity contribution in [3.63, 3.8) is 0 Å². The van der Waals surface area contributed by atoms with E-state index < -0.39 is 0 Å². The number of nitrogens with zero attached hydrogens (tertiary/aromatic N) is 1. The summed E-state index contributed by atoms with van der Waals surface area (Å²) >= 11 is 0. The molecule has 2 radical (unpaired) electrons. The van der Waals surface area contributed by atoms with Crippen LogP contribution >= 0.6 is 0 Å². The zero-order valence-electron chi connectivity index (χ0n) is 8.02. The molecule has 1 nitrogen and oxygen atoms in total. The van der Waals surface area contributed by atoms with Crippen LogP contribution in [0.4, 0.5) is 0 Å². The van der Waals surface area contributed by atoms with Crippen LogP contribution in [0.5, 0.6) is 0 Å². The Morgan fingerprint density at radius 2 is 1.30 bits per heavy atom. The van der Waals surface area contributed by atoms with Gasteiger partial charge < -0.3 is 0 Å². The van der Waals surface area contributed by atoms with E-state index in [-0.39, 0.29) is 27.3 Å². The van der Waals surface area contributed by atoms with Gasteiger partial charge >= 0.3 is 27.3 Å². The van der Waals surface area contributed by atoms with Crippen LogP contribution in [0.15, 0.2) is 0 Å². The zero-order chi connectivity index (χ0) is 7.44. The molecular formula is C8H21NPb. The molecule has 0 atom stereocenters. The molecule has 0 spiro atoms. The van der Waals surface area contributed by atoms with Gasteiger partial charge in [-0.25, -0.2) is 0 Å². The maximum absolute atomic E-state index is 2.46. The Labute approximate surface area is 85.3 Å². The van der Waals surface area contributed by atoms with E-state index in [0.717, 1.165) is 6.54 Å². The first-order valence-electron chi connectivity index (χ1n) is 3.85. The second kappa shape index (κ2) is 6.58. The Bertz CT molecular complexity index is 63.7. The van der Waals surface area contributed by atoms with E-state index in [4.69, 9.17) is 0 Å². The summed E-state index contributed by atoms with van der Waals surface area (Å²) in [5.74, 6) is 0. The average molecular weight is 338 g/mol. The Morgan fingerprint density at radius 1 is 1.00 bits per heavy atom. The zero-order valence-corrected chi connectivity index (χ0v) is 13.5. The van der Waals surface area contributed by atoms with Crippen molar-refractivity contribution >= 4 is 27.3 Å². The van der Waals surface area contributed by atoms with Gasteiger partial charge in [0.15, 0.2) is 0 Å². The van der Waals surface area contributed by atoms with E-state index in [1.54, 1.807) is 0 Å². The van der Waals surface area contributed by atoms with Gasteiger partial charge in [-0.1, -0.05) is 6.92 Å². The molecule has 0 aliphatic rings. The molecule has 0 bridgehead atoms. The number of rotatable bonds is 3. The van der Waals surface area contributed by atoms with Gasteiger partial charge in [0, 0.05) is 12.1 Å². The van der Waals surface area contributed by atoms with Crippen molar-refractivity contribution in [2.24, 2.45) is 0 Å². The van der Waals surface area contributed by atoms with Crippen LogP contribution in [0.1, 0.15) is 34.6 Å². The van der Waals surface area contributed by atoms with E-state index in [9.17, 15) is 0 Å². The third kappa shape index (κ3) is 4.66. The Hall–Kier alpha value is 0.882. The normalized spacial score (nSPS) is 10.8. The molecule has 0 saturated heterocycles. The second-order valence-corrected chi connectivity index (χ2v) is 3.02. The van der Waals surface area contributed by atoms with Gasteiger partial charge in [-0.05, 0) is 34.2 Å². The quantitative estimate of drug-likeness (QED) is 0.699. The van der Waals surface area contributed by atoms with E-state index in [1.165, 1.54) is 0 Å². The predicted octanol–water partition coefficient (Wildman–Crippen LogP) is 1.21. The molecule has 0 rings (SSSR count). The molecule has 0 aliphatic heterocycles. The molecule has 0 aromatic rings. The molecule has 62 valence electrons. The van der Waals surface area contributed by atoms with Gasteiger partial charge in [-0.3, -0.25) is 4.90 Å². The fourth-order valence-electron chi connectivity index (χ4n) is 1.33. The predicted molar refractivity (Wildman–Crippen MR) is 51.2 cm³/mol. The topological polar surface area (TPSA) is 3.24 Å². The minimum atomic E-state index is 0. The van der Waals surface area contributed by atoms with Crippen LogP contribution < -0.4 is 0 Å². The van der Waals surface area contributed by atoms with Crippen molar-refractivity contribution in [3.8, 4) is 0 Å². The summed E-state index contributed by atoms with van der Waals surface area (Å²) in [4.78, 5) is 2.46. The van der Waals surface area contributed by atoms with Crippen molar-refractivity contribution < 1.29 is 0 Å². The van der Waals surface area contributed by atoms with Gasteiger partial charge in [0.1, 0.15) is 0 Å². The summed E-state index contributed by atoms with van der Waals surface area (Å²) in [6.45, 7) is 12.3. The Morgan fingerprint density at radius 3 is 1.30 bits per heavy atom. The van der Waals surface area contributed by atoms with Crippen molar-refractivity contribution in [2.75, 3.05) is 6.54 Å². The molecule has 0 aliphatic carbocycles. The fraction of sp³-hybridized carbons (Fsp3) is 1.00. The first-order valence-corrected chi connectivity index (χ1v) is 3.85. The maximum atomic E-state index is 2.46. The van der Waals surface area contributed by atoms with Crippen molar-refractivity contribution in [2.45, 2.75) is 46.7 Å². The van der Waals surface area contributed by atoms with Crippen molar-refractivity contribution in [1.82, 2.24) is 4.90 Å². The second-order valence-electron chi connectivity index (χ2n) is 3.02. The standard InChI is InChI=1S/C8H19N.Pb.2H/c1-6-9(7(2)3)8(4)5;;;/h7-8H,6H2,1-5H3;;;. The first-order chi connectivity index (χ1) is 4.09. The van der Waals surface area contributed by atoms with Crippen LogP contribution in [-0.2, 0) is 0 Å². The summed E-state index contributed by atoms with van der Waals surface area (Å²) < 4.78 is 0. The molecule has 0 fully saturated rings. The van der Waals surface area contributed by atoms with Gasteiger partial charge in [-0.15, -0.1) is 0 Å². The van der Waals surface area contributed by atoms with Gasteiger partial charge in [-0.2, -0.15) is 0 Å². The molecule has 0 aromatic heterocycles. The molecule has 10 heavy (non-hydrogen) atoms. The number of hydrogen-bond donors (Lipinski definition) is 0. The van der Waals surface area contributed by atoms with Crippen LogP contribution in [0, 0.1) is 0 Å². The van der Waals surface area contributed by atoms with E-state index in [0.29, 0.717) is 12.1 Å². The third-order valence-corrected chi connectivity index (χ3v) is 1.69. The SMILES string of the molecule is CCN(C(C)C)C(C)C.[PbH2]. The molecule has 2 heteroatoms. The summed E-state index contributed by atoms with van der Waals surface area (Å²) in [7, 11) is 0. The molecule has 0 N–H and O–H groups in total. The molecule has 0 unspecified atom stereocenters. The minimum absolute atomic E-state index is 0. The van der Waals surface area contributed by atoms with E-state index in [2.05, 4.69) is 39.5 Å². The molecule has 0 saturated carbocycles. The van der Waals surface area contributed by atoms with Gasteiger partial charge in [0.05, 0.1) is 0 Å². The van der Waals surface area contributed by atoms with Crippen molar-refractivity contribution in [1.29, 1.82) is 0 Å². The summed E-state index contributed by atoms with van der Waals surface area (Å²) in [5.41, 5.74) is 0. The summed E-state index contributed by atoms with van der Waals surface area (Å²) in [5, 5.41) is 0. The summed E-state index contributed by atoms with van der Waals surface area (Å²) in [6, 6.07) is 1.38. The van der Waals surface area contributed by atoms with Gasteiger partial charge in [0.25, 0.3) is 0 Å². The summed E-state index contributed by atoms with van der Waals surface area (Å²) in [6.07, 6.45) is 0. The molecule has 0 heterocycles. The molecular weight excluding hydrogens is 317 g/mol. The van der Waals surface area contributed by atoms with Crippen LogP contribution in [0.25, 0.3) is 0 Å². The van der Waals surface area contributed by atoms with Crippen LogP contribution in [0.2, 0.25) is 0 Å². The third-order valence-electron chi connectivity index (χ3n) is 1.69. The van der Waals surface area contributed by atoms with Crippen molar-refractivity contribution in [3.05, 3.63) is 0 Å². The Balaban J connectivity index is 0. The number of hydrogen-bond acceptors (Lipinski definition) is 1. The molecule has 0 aromatic carbocycles. The van der Waals surface area contributed by atoms with Gasteiger partial charge in [0.2, 0.25) is 0 Å². The molecule has 0 amide bonds. The van der Waals surface area contributed by atoms with E-state index >= 15 is 0 Å². The fourth-order valence-corrected chi connectivity index (χ4v) is 1.33. The van der Waals surface area contributed by atoms with E-state index in [1.807, 2.05) is 0 Å². The Kier molecular flexibility index (Phi) is 8.87. The monoisotopic (exact) mass is 339 g/mol.